The van der Waals surface area contributed by atoms with E-state index < -0.39 is 11.3 Å². The van der Waals surface area contributed by atoms with Crippen LogP contribution in [0.2, 0.25) is 5.02 Å². The molecule has 2 atom stereocenters. The predicted molar refractivity (Wildman–Crippen MR) is 123 cm³/mol. The molecule has 2 heterocycles. The topological polar surface area (TPSA) is 74.1 Å². The molecule has 4 rings (SSSR count). The number of nitrogens with zero attached hydrogens (tertiary/aromatic N) is 3. The van der Waals surface area contributed by atoms with Crippen molar-refractivity contribution >= 4 is 57.6 Å². The summed E-state index contributed by atoms with van der Waals surface area (Å²) >= 11 is 7.15. The van der Waals surface area contributed by atoms with E-state index in [2.05, 4.69) is 15.3 Å². The van der Waals surface area contributed by atoms with E-state index in [4.69, 9.17) is 11.6 Å². The number of para-hydroxylation sites is 1. The highest BCUT2D eigenvalue weighted by atomic mass is 35.5. The lowest BCUT2D eigenvalue weighted by molar-refractivity contribution is -0.124. The number of fused-ring (bicyclic) bond motifs is 3. The Kier molecular flexibility index (Phi) is 5.92. The highest BCUT2D eigenvalue weighted by molar-refractivity contribution is 8.15. The maximum Gasteiger partial charge on any atom is 0.259 e. The largest absolute Gasteiger partial charge is 0.325 e. The minimum absolute atomic E-state index is 0.0853. The number of thioether (sulfide) groups is 1. The molecule has 0 radical (unpaired) electrons. The van der Waals surface area contributed by atoms with E-state index in [0.29, 0.717) is 28.1 Å². The van der Waals surface area contributed by atoms with Crippen LogP contribution in [0.5, 0.6) is 0 Å². The van der Waals surface area contributed by atoms with E-state index in [1.165, 1.54) is 11.8 Å². The molecule has 2 aromatic rings. The highest BCUT2D eigenvalue weighted by Gasteiger charge is 2.41. The third kappa shape index (κ3) is 4.00. The van der Waals surface area contributed by atoms with E-state index >= 15 is 0 Å². The van der Waals surface area contributed by atoms with Gasteiger partial charge in [0.05, 0.1) is 10.9 Å². The number of rotatable bonds is 5. The number of hydrogen-bond acceptors (Lipinski definition) is 5. The number of aliphatic imine (C=N–C) groups is 2. The first-order chi connectivity index (χ1) is 14.5. The Hall–Kier alpha value is -2.64. The molecule has 0 aromatic heterocycles. The molecule has 0 saturated heterocycles. The van der Waals surface area contributed by atoms with E-state index in [9.17, 15) is 9.59 Å². The third-order valence-electron chi connectivity index (χ3n) is 4.87. The van der Waals surface area contributed by atoms with E-state index in [1.807, 2.05) is 31.2 Å². The molecular weight excluding hydrogens is 420 g/mol. The Bertz CT molecular complexity index is 1050. The van der Waals surface area contributed by atoms with Gasteiger partial charge in [-0.05, 0) is 49.7 Å². The molecule has 8 heteroatoms. The lowest BCUT2D eigenvalue weighted by Crippen LogP contribution is -2.42. The van der Waals surface area contributed by atoms with Crippen molar-refractivity contribution in [1.29, 1.82) is 0 Å². The SMILES string of the molecule is CCC[C@@H]1N=C2c3ccccc3N=C(S[C@@H](C)C(=O)Nc3ccc(Cl)cc3)N2C1=O. The lowest BCUT2D eigenvalue weighted by Gasteiger charge is -2.26. The van der Waals surface area contributed by atoms with Gasteiger partial charge in [-0.3, -0.25) is 14.6 Å². The third-order valence-corrected chi connectivity index (χ3v) is 6.18. The normalized spacial score (nSPS) is 18.3. The summed E-state index contributed by atoms with van der Waals surface area (Å²) in [5, 5.41) is 3.49. The van der Waals surface area contributed by atoms with Gasteiger partial charge in [0.2, 0.25) is 5.91 Å². The van der Waals surface area contributed by atoms with Crippen LogP contribution in [0.25, 0.3) is 0 Å². The average molecular weight is 441 g/mol. The fourth-order valence-corrected chi connectivity index (χ4v) is 4.37. The van der Waals surface area contributed by atoms with E-state index in [1.54, 1.807) is 36.1 Å². The Balaban J connectivity index is 1.58. The van der Waals surface area contributed by atoms with Gasteiger partial charge in [-0.1, -0.05) is 48.8 Å². The van der Waals surface area contributed by atoms with Crippen molar-refractivity contribution in [3.8, 4) is 0 Å². The van der Waals surface area contributed by atoms with Gasteiger partial charge in [0.1, 0.15) is 11.9 Å². The summed E-state index contributed by atoms with van der Waals surface area (Å²) in [5.74, 6) is 0.355. The number of anilines is 1. The molecule has 0 unspecified atom stereocenters. The van der Waals surface area contributed by atoms with Crippen LogP contribution in [0, 0.1) is 0 Å². The van der Waals surface area contributed by atoms with Crippen LogP contribution in [0.1, 0.15) is 32.3 Å². The number of benzene rings is 2. The van der Waals surface area contributed by atoms with Crippen molar-refractivity contribution in [1.82, 2.24) is 4.90 Å². The number of halogens is 1. The molecule has 2 amide bonds. The maximum atomic E-state index is 13.0. The summed E-state index contributed by atoms with van der Waals surface area (Å²) in [6.45, 7) is 3.82. The summed E-state index contributed by atoms with van der Waals surface area (Å²) in [7, 11) is 0. The van der Waals surface area contributed by atoms with Gasteiger partial charge in [0.25, 0.3) is 5.91 Å². The Labute approximate surface area is 184 Å². The fourth-order valence-electron chi connectivity index (χ4n) is 3.33. The van der Waals surface area contributed by atoms with Crippen LogP contribution < -0.4 is 5.32 Å². The first-order valence-electron chi connectivity index (χ1n) is 9.81. The molecule has 0 bridgehead atoms. The maximum absolute atomic E-state index is 13.0. The smallest absolute Gasteiger partial charge is 0.259 e. The van der Waals surface area contributed by atoms with Gasteiger partial charge < -0.3 is 5.32 Å². The molecule has 154 valence electrons. The van der Waals surface area contributed by atoms with Crippen molar-refractivity contribution in [3.05, 3.63) is 59.1 Å². The zero-order valence-corrected chi connectivity index (χ0v) is 18.2. The molecule has 30 heavy (non-hydrogen) atoms. The first-order valence-corrected chi connectivity index (χ1v) is 11.1. The Morgan fingerprint density at radius 3 is 2.70 bits per heavy atom. The molecule has 6 nitrogen and oxygen atoms in total. The first kappa shape index (κ1) is 20.6. The van der Waals surface area contributed by atoms with E-state index in [-0.39, 0.29) is 11.8 Å². The summed E-state index contributed by atoms with van der Waals surface area (Å²) in [4.78, 5) is 36.7. The number of amidine groups is 2. The van der Waals surface area contributed by atoms with Crippen LogP contribution in [0.15, 0.2) is 58.5 Å². The number of carbonyl (C=O) groups excluding carboxylic acids is 2. The van der Waals surface area contributed by atoms with Crippen LogP contribution in [0.4, 0.5) is 11.4 Å². The predicted octanol–water partition coefficient (Wildman–Crippen LogP) is 4.86. The van der Waals surface area contributed by atoms with Crippen LogP contribution >= 0.6 is 23.4 Å². The van der Waals surface area contributed by atoms with Gasteiger partial charge in [0.15, 0.2) is 5.17 Å². The minimum atomic E-state index is -0.469. The molecule has 0 spiro atoms. The van der Waals surface area contributed by atoms with Crippen molar-refractivity contribution in [2.24, 2.45) is 9.98 Å². The number of nitrogens with one attached hydrogen (secondary N) is 1. The van der Waals surface area contributed by atoms with Crippen molar-refractivity contribution in [2.75, 3.05) is 5.32 Å². The quantitative estimate of drug-likeness (QED) is 0.721. The number of hydrogen-bond donors (Lipinski definition) is 1. The van der Waals surface area contributed by atoms with Gasteiger partial charge in [0, 0.05) is 16.3 Å². The molecule has 2 aliphatic rings. The summed E-state index contributed by atoms with van der Waals surface area (Å²) in [5.41, 5.74) is 2.26. The Morgan fingerprint density at radius 2 is 1.97 bits per heavy atom. The zero-order chi connectivity index (χ0) is 21.3. The highest BCUT2D eigenvalue weighted by Crippen LogP contribution is 2.35. The minimum Gasteiger partial charge on any atom is -0.325 e. The van der Waals surface area contributed by atoms with Gasteiger partial charge in [-0.25, -0.2) is 9.89 Å². The lowest BCUT2D eigenvalue weighted by atomic mass is 10.1. The molecule has 0 aliphatic carbocycles. The summed E-state index contributed by atoms with van der Waals surface area (Å²) in [6.07, 6.45) is 1.55. The Morgan fingerprint density at radius 1 is 1.23 bits per heavy atom. The molecular formula is C22H21ClN4O2S. The second-order valence-electron chi connectivity index (χ2n) is 7.10. The zero-order valence-electron chi connectivity index (χ0n) is 16.6. The average Bonchev–Trinajstić information content (AvgIpc) is 3.07. The van der Waals surface area contributed by atoms with Crippen LogP contribution in [0.3, 0.4) is 0 Å². The number of carbonyl (C=O) groups is 2. The van der Waals surface area contributed by atoms with Crippen LogP contribution in [-0.4, -0.2) is 39.0 Å². The van der Waals surface area contributed by atoms with Gasteiger partial charge in [-0.15, -0.1) is 0 Å². The fraction of sp³-hybridized carbons (Fsp3) is 0.273. The van der Waals surface area contributed by atoms with Gasteiger partial charge >= 0.3 is 0 Å². The second kappa shape index (κ2) is 8.62. The van der Waals surface area contributed by atoms with Crippen molar-refractivity contribution in [3.63, 3.8) is 0 Å². The monoisotopic (exact) mass is 440 g/mol. The molecule has 0 fully saturated rings. The molecule has 2 aromatic carbocycles. The summed E-state index contributed by atoms with van der Waals surface area (Å²) in [6, 6.07) is 14.2. The molecule has 0 saturated carbocycles. The molecule has 2 aliphatic heterocycles. The second-order valence-corrected chi connectivity index (χ2v) is 8.84. The van der Waals surface area contributed by atoms with Crippen molar-refractivity contribution < 1.29 is 9.59 Å². The van der Waals surface area contributed by atoms with Gasteiger partial charge in [-0.2, -0.15) is 0 Å². The van der Waals surface area contributed by atoms with E-state index in [0.717, 1.165) is 17.7 Å². The molecule has 1 N–H and O–H groups in total. The number of amides is 2. The summed E-state index contributed by atoms with van der Waals surface area (Å²) < 4.78 is 0. The van der Waals surface area contributed by atoms with Crippen LogP contribution in [-0.2, 0) is 9.59 Å². The van der Waals surface area contributed by atoms with Crippen molar-refractivity contribution in [2.45, 2.75) is 38.0 Å². The standard InChI is InChI=1S/C22H21ClN4O2S/c1-3-6-18-21(29)27-19(25-18)16-7-4-5-8-17(16)26-22(27)30-13(2)20(28)24-15-11-9-14(23)10-12-15/h4-5,7-13,18H,3,6H2,1-2H3,(H,24,28)/t13-,18-/m0/s1.